The van der Waals surface area contributed by atoms with Gasteiger partial charge in [0.1, 0.15) is 6.04 Å². The number of likely N-dealkylation sites (tertiary alicyclic amines) is 1. The first-order chi connectivity index (χ1) is 17.8. The van der Waals surface area contributed by atoms with E-state index in [1.807, 2.05) is 15.9 Å². The van der Waals surface area contributed by atoms with Crippen molar-refractivity contribution in [2.45, 2.75) is 86.8 Å². The van der Waals surface area contributed by atoms with Gasteiger partial charge in [0.05, 0.1) is 16.6 Å². The van der Waals surface area contributed by atoms with Crippen molar-refractivity contribution in [3.8, 4) is 0 Å². The molecule has 3 unspecified atom stereocenters. The number of nitrogens with zero attached hydrogens (tertiary/aromatic N) is 3. The van der Waals surface area contributed by atoms with Crippen molar-refractivity contribution in [1.82, 2.24) is 14.7 Å². The first-order valence-corrected chi connectivity index (χ1v) is 15.1. The van der Waals surface area contributed by atoms with Crippen LogP contribution in [0.15, 0.2) is 25.3 Å². The van der Waals surface area contributed by atoms with Crippen molar-refractivity contribution < 1.29 is 19.5 Å². The SMILES string of the molecule is C=CCN(C)C(=O)[C@@H]1[C@@H]2CC(C)C3(S2)C(C(=O)N(CC=C)C2CCCCC2)N(CCCCCO)C(=O)[C@H]13. The third-order valence-electron chi connectivity index (χ3n) is 9.23. The van der Waals surface area contributed by atoms with E-state index in [1.165, 1.54) is 6.42 Å². The van der Waals surface area contributed by atoms with Gasteiger partial charge in [-0.25, -0.2) is 0 Å². The molecule has 4 rings (SSSR count). The standard InChI is InChI=1S/C29H45N3O4S/c1-5-15-30(4)26(34)23-22-19-20(3)29(37-22)24(23)27(35)32(17-11-8-12-18-33)25(29)28(36)31(16-6-2)21-13-9-7-10-14-21/h5-6,20-25,33H,1-2,7-19H2,3-4H3/t20?,22-,23+,24-,25?,29?/m0/s1. The molecule has 4 fully saturated rings. The third kappa shape index (κ3) is 4.88. The first-order valence-electron chi connectivity index (χ1n) is 14.2. The van der Waals surface area contributed by atoms with Gasteiger partial charge in [-0.2, -0.15) is 0 Å². The highest BCUT2D eigenvalue weighted by molar-refractivity contribution is 8.02. The fourth-order valence-corrected chi connectivity index (χ4v) is 9.95. The summed E-state index contributed by atoms with van der Waals surface area (Å²) in [6.45, 7) is 11.4. The number of rotatable bonds is 12. The van der Waals surface area contributed by atoms with Crippen molar-refractivity contribution in [1.29, 1.82) is 0 Å². The van der Waals surface area contributed by atoms with E-state index in [0.717, 1.165) is 44.9 Å². The topological polar surface area (TPSA) is 81.2 Å². The number of carbonyl (C=O) groups excluding carboxylic acids is 3. The molecule has 0 aromatic carbocycles. The third-order valence-corrected chi connectivity index (χ3v) is 11.3. The van der Waals surface area contributed by atoms with Gasteiger partial charge in [0.15, 0.2) is 0 Å². The smallest absolute Gasteiger partial charge is 0.247 e. The Morgan fingerprint density at radius 3 is 2.46 bits per heavy atom. The van der Waals surface area contributed by atoms with Gasteiger partial charge in [-0.1, -0.05) is 38.3 Å². The van der Waals surface area contributed by atoms with Crippen LogP contribution in [0.1, 0.15) is 64.7 Å². The number of unbranched alkanes of at least 4 members (excludes halogenated alkanes) is 2. The maximum atomic E-state index is 14.6. The van der Waals surface area contributed by atoms with E-state index in [-0.39, 0.29) is 41.5 Å². The summed E-state index contributed by atoms with van der Waals surface area (Å²) in [6.07, 6.45) is 12.0. The molecule has 1 aliphatic carbocycles. The lowest BCUT2D eigenvalue weighted by Crippen LogP contribution is -2.59. The van der Waals surface area contributed by atoms with E-state index in [9.17, 15) is 19.5 Å². The Balaban J connectivity index is 1.72. The van der Waals surface area contributed by atoms with Crippen LogP contribution in [-0.2, 0) is 14.4 Å². The summed E-state index contributed by atoms with van der Waals surface area (Å²) in [5, 5.41) is 9.32. The van der Waals surface area contributed by atoms with Crippen molar-refractivity contribution >= 4 is 29.5 Å². The molecule has 37 heavy (non-hydrogen) atoms. The lowest BCUT2D eigenvalue weighted by atomic mass is 9.65. The summed E-state index contributed by atoms with van der Waals surface area (Å²) in [5.74, 6) is -0.714. The predicted octanol–water partition coefficient (Wildman–Crippen LogP) is 3.48. The molecule has 3 aliphatic heterocycles. The van der Waals surface area contributed by atoms with Crippen molar-refractivity contribution in [3.63, 3.8) is 0 Å². The number of fused-ring (bicyclic) bond motifs is 1. The molecule has 0 aromatic rings. The number of likely N-dealkylation sites (N-methyl/N-ethyl adjacent to an activating group) is 1. The number of hydrogen-bond acceptors (Lipinski definition) is 5. The fourth-order valence-electron chi connectivity index (χ4n) is 7.54. The molecule has 2 bridgehead atoms. The summed E-state index contributed by atoms with van der Waals surface area (Å²) >= 11 is 1.75. The molecule has 3 amide bonds. The molecule has 3 heterocycles. The normalized spacial score (nSPS) is 32.9. The highest BCUT2D eigenvalue weighted by Gasteiger charge is 2.76. The van der Waals surface area contributed by atoms with E-state index in [0.29, 0.717) is 26.1 Å². The van der Waals surface area contributed by atoms with Crippen LogP contribution >= 0.6 is 11.8 Å². The Bertz CT molecular complexity index is 890. The van der Waals surface area contributed by atoms with E-state index in [1.54, 1.807) is 29.8 Å². The van der Waals surface area contributed by atoms with Gasteiger partial charge in [0, 0.05) is 44.6 Å². The Labute approximate surface area is 226 Å². The van der Waals surface area contributed by atoms with Gasteiger partial charge in [-0.3, -0.25) is 14.4 Å². The molecule has 1 N–H and O–H groups in total. The molecular weight excluding hydrogens is 486 g/mol. The zero-order chi connectivity index (χ0) is 26.7. The van der Waals surface area contributed by atoms with Gasteiger partial charge in [-0.05, 0) is 44.4 Å². The van der Waals surface area contributed by atoms with Crippen LogP contribution in [-0.4, -0.2) is 92.9 Å². The lowest BCUT2D eigenvalue weighted by Gasteiger charge is -2.43. The Kier molecular flexibility index (Phi) is 9.10. The first kappa shape index (κ1) is 28.2. The summed E-state index contributed by atoms with van der Waals surface area (Å²) in [4.78, 5) is 48.0. The van der Waals surface area contributed by atoms with Gasteiger partial charge in [0.2, 0.25) is 17.7 Å². The van der Waals surface area contributed by atoms with E-state index in [4.69, 9.17) is 0 Å². The zero-order valence-electron chi connectivity index (χ0n) is 22.6. The quantitative estimate of drug-likeness (QED) is 0.308. The summed E-state index contributed by atoms with van der Waals surface area (Å²) < 4.78 is -0.584. The van der Waals surface area contributed by atoms with Gasteiger partial charge in [0.25, 0.3) is 0 Å². The average Bonchev–Trinajstić information content (AvgIpc) is 3.48. The van der Waals surface area contributed by atoms with E-state index < -0.39 is 22.6 Å². The Hall–Kier alpha value is -1.80. The van der Waals surface area contributed by atoms with Gasteiger partial charge < -0.3 is 19.8 Å². The number of aliphatic hydroxyl groups is 1. The van der Waals surface area contributed by atoms with Crippen LogP contribution < -0.4 is 0 Å². The van der Waals surface area contributed by atoms with E-state index >= 15 is 0 Å². The molecule has 3 saturated heterocycles. The van der Waals surface area contributed by atoms with Crippen molar-refractivity contribution in [2.75, 3.05) is 33.3 Å². The largest absolute Gasteiger partial charge is 0.396 e. The minimum absolute atomic E-state index is 0.00640. The highest BCUT2D eigenvalue weighted by Crippen LogP contribution is 2.69. The minimum Gasteiger partial charge on any atom is -0.396 e. The molecule has 1 saturated carbocycles. The lowest BCUT2D eigenvalue weighted by molar-refractivity contribution is -0.145. The maximum Gasteiger partial charge on any atom is 0.247 e. The monoisotopic (exact) mass is 531 g/mol. The zero-order valence-corrected chi connectivity index (χ0v) is 23.5. The number of amides is 3. The number of aliphatic hydroxyl groups excluding tert-OH is 1. The number of hydrogen-bond donors (Lipinski definition) is 1. The van der Waals surface area contributed by atoms with Gasteiger partial charge >= 0.3 is 0 Å². The molecule has 0 radical (unpaired) electrons. The number of carbonyl (C=O) groups is 3. The second-order valence-corrected chi connectivity index (χ2v) is 13.0. The molecule has 8 heteroatoms. The van der Waals surface area contributed by atoms with Crippen LogP contribution in [0.3, 0.4) is 0 Å². The second-order valence-electron chi connectivity index (χ2n) is 11.4. The highest BCUT2D eigenvalue weighted by atomic mass is 32.2. The van der Waals surface area contributed by atoms with Crippen LogP contribution in [0.5, 0.6) is 0 Å². The molecule has 1 spiro atoms. The molecule has 0 aromatic heterocycles. The van der Waals surface area contributed by atoms with Crippen LogP contribution in [0.25, 0.3) is 0 Å². The Morgan fingerprint density at radius 1 is 1.11 bits per heavy atom. The van der Waals surface area contributed by atoms with Crippen LogP contribution in [0.4, 0.5) is 0 Å². The molecule has 4 aliphatic rings. The molecule has 7 nitrogen and oxygen atoms in total. The van der Waals surface area contributed by atoms with Crippen molar-refractivity contribution in [3.05, 3.63) is 25.3 Å². The fraction of sp³-hybridized carbons (Fsp3) is 0.759. The summed E-state index contributed by atoms with van der Waals surface area (Å²) in [6, 6.07) is -0.385. The number of thioether (sulfide) groups is 1. The molecule has 6 atom stereocenters. The predicted molar refractivity (Wildman–Crippen MR) is 148 cm³/mol. The summed E-state index contributed by atoms with van der Waals surface area (Å²) in [7, 11) is 1.78. The van der Waals surface area contributed by atoms with Crippen LogP contribution in [0, 0.1) is 17.8 Å². The maximum absolute atomic E-state index is 14.6. The van der Waals surface area contributed by atoms with Crippen LogP contribution in [0.2, 0.25) is 0 Å². The van der Waals surface area contributed by atoms with Crippen molar-refractivity contribution in [2.24, 2.45) is 17.8 Å². The molecule has 206 valence electrons. The van der Waals surface area contributed by atoms with Gasteiger partial charge in [-0.15, -0.1) is 24.9 Å². The van der Waals surface area contributed by atoms with E-state index in [2.05, 4.69) is 20.1 Å². The second kappa shape index (κ2) is 11.9. The average molecular weight is 532 g/mol. The minimum atomic E-state index is -0.584. The summed E-state index contributed by atoms with van der Waals surface area (Å²) in [5.41, 5.74) is 0. The molecular formula is C29H45N3O4S. The Morgan fingerprint density at radius 2 is 1.81 bits per heavy atom.